The summed E-state index contributed by atoms with van der Waals surface area (Å²) in [4.78, 5) is 11.9. The zero-order valence-corrected chi connectivity index (χ0v) is 12.0. The normalized spacial score (nSPS) is 23.1. The number of hydrogen-bond donors (Lipinski definition) is 2. The molecule has 2 N–H and O–H groups in total. The Morgan fingerprint density at radius 2 is 2.00 bits per heavy atom. The maximum absolute atomic E-state index is 11.9. The second kappa shape index (κ2) is 6.49. The first-order valence-electron chi connectivity index (χ1n) is 6.47. The van der Waals surface area contributed by atoms with Gasteiger partial charge in [-0.1, -0.05) is 11.6 Å². The van der Waals surface area contributed by atoms with E-state index in [1.54, 1.807) is 6.07 Å². The third kappa shape index (κ3) is 4.02. The van der Waals surface area contributed by atoms with E-state index in [0.29, 0.717) is 17.5 Å². The van der Waals surface area contributed by atoms with E-state index < -0.39 is 0 Å². The number of hydrogen-bond acceptors (Lipinski definition) is 2. The number of nitrogens with one attached hydrogen (secondary N) is 1. The van der Waals surface area contributed by atoms with Gasteiger partial charge in [0, 0.05) is 16.9 Å². The molecule has 1 aliphatic rings. The third-order valence-electron chi connectivity index (χ3n) is 3.53. The fourth-order valence-corrected chi connectivity index (χ4v) is 2.77. The highest BCUT2D eigenvalue weighted by molar-refractivity contribution is 6.30. The van der Waals surface area contributed by atoms with Gasteiger partial charge in [0.05, 0.1) is 5.56 Å². The molecule has 1 fully saturated rings. The molecule has 1 aromatic rings. The van der Waals surface area contributed by atoms with Crippen molar-refractivity contribution in [2.75, 3.05) is 6.54 Å². The summed E-state index contributed by atoms with van der Waals surface area (Å²) in [5.41, 5.74) is 0.260. The van der Waals surface area contributed by atoms with Crippen LogP contribution in [0.3, 0.4) is 0 Å². The minimum absolute atomic E-state index is 0.0885. The molecule has 0 aromatic heterocycles. The Kier molecular flexibility index (Phi) is 4.94. The van der Waals surface area contributed by atoms with E-state index in [4.69, 9.17) is 23.2 Å². The van der Waals surface area contributed by atoms with Gasteiger partial charge in [-0.3, -0.25) is 4.79 Å². The summed E-state index contributed by atoms with van der Waals surface area (Å²) in [6, 6.07) is 4.49. The number of amides is 1. The Labute approximate surface area is 122 Å². The molecule has 1 aliphatic carbocycles. The Morgan fingerprint density at radius 1 is 1.32 bits per heavy atom. The van der Waals surface area contributed by atoms with Crippen LogP contribution in [0.5, 0.6) is 5.75 Å². The van der Waals surface area contributed by atoms with Gasteiger partial charge in [-0.2, -0.15) is 0 Å². The second-order valence-corrected chi connectivity index (χ2v) is 6.04. The fourth-order valence-electron chi connectivity index (χ4n) is 2.35. The molecule has 0 spiro atoms. The third-order valence-corrected chi connectivity index (χ3v) is 4.20. The molecule has 0 aliphatic heterocycles. The van der Waals surface area contributed by atoms with E-state index in [1.807, 2.05) is 0 Å². The minimum atomic E-state index is -0.262. The zero-order valence-electron chi connectivity index (χ0n) is 10.5. The van der Waals surface area contributed by atoms with Gasteiger partial charge >= 0.3 is 0 Å². The van der Waals surface area contributed by atoms with E-state index in [1.165, 1.54) is 12.1 Å². The number of alkyl halides is 1. The van der Waals surface area contributed by atoms with Gasteiger partial charge in [0.15, 0.2) is 0 Å². The van der Waals surface area contributed by atoms with Crippen LogP contribution in [0.15, 0.2) is 18.2 Å². The molecule has 3 nitrogen and oxygen atoms in total. The molecular formula is C14H17Cl2NO2. The van der Waals surface area contributed by atoms with Gasteiger partial charge in [-0.15, -0.1) is 11.6 Å². The maximum atomic E-state index is 11.9. The van der Waals surface area contributed by atoms with Crippen LogP contribution in [-0.4, -0.2) is 22.9 Å². The number of rotatable bonds is 3. The Morgan fingerprint density at radius 3 is 2.63 bits per heavy atom. The lowest BCUT2D eigenvalue weighted by Gasteiger charge is -2.25. The Bertz CT molecular complexity index is 457. The molecule has 0 radical (unpaired) electrons. The highest BCUT2D eigenvalue weighted by Crippen LogP contribution is 2.27. The Hall–Kier alpha value is -0.930. The van der Waals surface area contributed by atoms with E-state index in [-0.39, 0.29) is 22.6 Å². The second-order valence-electron chi connectivity index (χ2n) is 4.99. The molecule has 1 aromatic carbocycles. The van der Waals surface area contributed by atoms with Crippen LogP contribution in [0.4, 0.5) is 0 Å². The number of aromatic hydroxyl groups is 1. The predicted molar refractivity (Wildman–Crippen MR) is 77.0 cm³/mol. The van der Waals surface area contributed by atoms with Crippen LogP contribution in [0, 0.1) is 5.92 Å². The summed E-state index contributed by atoms with van der Waals surface area (Å²) in [5, 5.41) is 13.2. The summed E-state index contributed by atoms with van der Waals surface area (Å²) >= 11 is 11.8. The highest BCUT2D eigenvalue weighted by atomic mass is 35.5. The predicted octanol–water partition coefficient (Wildman–Crippen LogP) is 3.57. The quantitative estimate of drug-likeness (QED) is 0.839. The van der Waals surface area contributed by atoms with Crippen LogP contribution in [0.1, 0.15) is 36.0 Å². The standard InChI is InChI=1S/C14H17Cl2NO2/c15-10-3-1-9(2-4-10)8-17-14(19)12-6-5-11(16)7-13(12)18/h5-7,9-10,18H,1-4,8H2,(H,17,19). The molecule has 104 valence electrons. The number of phenolic OH excluding ortho intramolecular Hbond substituents is 1. The SMILES string of the molecule is O=C(NCC1CCC(Cl)CC1)c1ccc(Cl)cc1O. The molecule has 0 unspecified atom stereocenters. The van der Waals surface area contributed by atoms with E-state index in [9.17, 15) is 9.90 Å². The van der Waals surface area contributed by atoms with Crippen molar-refractivity contribution >= 4 is 29.1 Å². The number of carbonyl (C=O) groups excluding carboxylic acids is 1. The van der Waals surface area contributed by atoms with Crippen molar-refractivity contribution in [2.45, 2.75) is 31.1 Å². The van der Waals surface area contributed by atoms with Gasteiger partial charge < -0.3 is 10.4 Å². The van der Waals surface area contributed by atoms with E-state index in [0.717, 1.165) is 25.7 Å². The van der Waals surface area contributed by atoms with Gasteiger partial charge in [-0.05, 0) is 49.8 Å². The lowest BCUT2D eigenvalue weighted by atomic mass is 9.89. The van der Waals surface area contributed by atoms with Crippen molar-refractivity contribution in [1.29, 1.82) is 0 Å². The van der Waals surface area contributed by atoms with Crippen LogP contribution < -0.4 is 5.32 Å². The first-order chi connectivity index (χ1) is 9.06. The molecule has 0 bridgehead atoms. The average molecular weight is 302 g/mol. The first kappa shape index (κ1) is 14.5. The van der Waals surface area contributed by atoms with Crippen LogP contribution >= 0.6 is 23.2 Å². The van der Waals surface area contributed by atoms with Gasteiger partial charge in [0.25, 0.3) is 5.91 Å². The van der Waals surface area contributed by atoms with Crippen molar-refractivity contribution in [2.24, 2.45) is 5.92 Å². The van der Waals surface area contributed by atoms with Crippen LogP contribution in [0.25, 0.3) is 0 Å². The maximum Gasteiger partial charge on any atom is 0.255 e. The molecule has 2 rings (SSSR count). The number of benzene rings is 1. The molecular weight excluding hydrogens is 285 g/mol. The monoisotopic (exact) mass is 301 g/mol. The highest BCUT2D eigenvalue weighted by Gasteiger charge is 2.20. The van der Waals surface area contributed by atoms with Gasteiger partial charge in [-0.25, -0.2) is 0 Å². The smallest absolute Gasteiger partial charge is 0.255 e. The van der Waals surface area contributed by atoms with Gasteiger partial charge in [0.1, 0.15) is 5.75 Å². The number of halogens is 2. The van der Waals surface area contributed by atoms with Crippen LogP contribution in [0.2, 0.25) is 5.02 Å². The van der Waals surface area contributed by atoms with Gasteiger partial charge in [0.2, 0.25) is 0 Å². The summed E-state index contributed by atoms with van der Waals surface area (Å²) in [7, 11) is 0. The topological polar surface area (TPSA) is 49.3 Å². The largest absolute Gasteiger partial charge is 0.507 e. The lowest BCUT2D eigenvalue weighted by Crippen LogP contribution is -2.31. The lowest BCUT2D eigenvalue weighted by molar-refractivity contribution is 0.0941. The molecule has 0 heterocycles. The van der Waals surface area contributed by atoms with E-state index >= 15 is 0 Å². The molecule has 19 heavy (non-hydrogen) atoms. The molecule has 5 heteroatoms. The molecule has 0 saturated heterocycles. The van der Waals surface area contributed by atoms with Crippen molar-refractivity contribution < 1.29 is 9.90 Å². The van der Waals surface area contributed by atoms with Crippen molar-refractivity contribution in [1.82, 2.24) is 5.32 Å². The first-order valence-corrected chi connectivity index (χ1v) is 7.28. The molecule has 0 atom stereocenters. The minimum Gasteiger partial charge on any atom is -0.507 e. The average Bonchev–Trinajstić information content (AvgIpc) is 2.37. The summed E-state index contributed by atoms with van der Waals surface area (Å²) in [5.74, 6) is 0.130. The summed E-state index contributed by atoms with van der Waals surface area (Å²) in [6.45, 7) is 0.629. The van der Waals surface area contributed by atoms with Crippen molar-refractivity contribution in [3.63, 3.8) is 0 Å². The van der Waals surface area contributed by atoms with Crippen LogP contribution in [-0.2, 0) is 0 Å². The molecule has 1 amide bonds. The molecule has 1 saturated carbocycles. The fraction of sp³-hybridized carbons (Fsp3) is 0.500. The summed E-state index contributed by atoms with van der Waals surface area (Å²) in [6.07, 6.45) is 4.10. The number of phenols is 1. The zero-order chi connectivity index (χ0) is 13.8. The Balaban J connectivity index is 1.87. The van der Waals surface area contributed by atoms with E-state index in [2.05, 4.69) is 5.32 Å². The van der Waals surface area contributed by atoms with Crippen molar-refractivity contribution in [3.05, 3.63) is 28.8 Å². The number of carbonyl (C=O) groups is 1. The van der Waals surface area contributed by atoms with Crippen molar-refractivity contribution in [3.8, 4) is 5.75 Å². The summed E-state index contributed by atoms with van der Waals surface area (Å²) < 4.78 is 0.